The number of carbonyl (C=O) groups is 2. The highest BCUT2D eigenvalue weighted by Crippen LogP contribution is 2.50. The van der Waals surface area contributed by atoms with Crippen molar-refractivity contribution in [1.82, 2.24) is 10.2 Å². The molecule has 0 fully saturated rings. The summed E-state index contributed by atoms with van der Waals surface area (Å²) in [4.78, 5) is 26.6. The zero-order valence-electron chi connectivity index (χ0n) is 23.2. The van der Waals surface area contributed by atoms with Gasteiger partial charge in [-0.1, -0.05) is 34.1 Å². The van der Waals surface area contributed by atoms with E-state index in [9.17, 15) is 24.9 Å². The number of unbranched alkanes of at least 4 members (excludes halogenated alkanes) is 1. The Kier molecular flexibility index (Phi) is 10.8. The van der Waals surface area contributed by atoms with Crippen LogP contribution in [0.15, 0.2) is 75.5 Å². The highest BCUT2D eigenvalue weighted by atomic mass is 79.9. The lowest BCUT2D eigenvalue weighted by molar-refractivity contribution is -0.134. The van der Waals surface area contributed by atoms with Crippen molar-refractivity contribution in [2.24, 2.45) is 0 Å². The van der Waals surface area contributed by atoms with Gasteiger partial charge in [0.05, 0.1) is 23.2 Å². The summed E-state index contributed by atoms with van der Waals surface area (Å²) in [5, 5.41) is 33.8. The van der Waals surface area contributed by atoms with Crippen molar-refractivity contribution in [2.45, 2.75) is 45.1 Å². The van der Waals surface area contributed by atoms with E-state index >= 15 is 0 Å². The number of carboxylic acids is 2. The highest BCUT2D eigenvalue weighted by Gasteiger charge is 2.49. The molecule has 1 aliphatic rings. The van der Waals surface area contributed by atoms with Crippen LogP contribution in [-0.4, -0.2) is 71.6 Å². The fraction of sp³-hybridized carbons (Fsp3) is 0.400. The molecule has 2 aromatic carbocycles. The topological polar surface area (TPSA) is 129 Å². The Morgan fingerprint density at radius 1 is 1.00 bits per heavy atom. The smallest absolute Gasteiger partial charge is 0.334 e. The largest absolute Gasteiger partial charge is 0.493 e. The van der Waals surface area contributed by atoms with E-state index in [0.717, 1.165) is 6.42 Å². The van der Waals surface area contributed by atoms with Gasteiger partial charge in [0.15, 0.2) is 0 Å². The summed E-state index contributed by atoms with van der Waals surface area (Å²) in [6.07, 6.45) is 0.829. The van der Waals surface area contributed by atoms with Crippen molar-refractivity contribution in [1.29, 1.82) is 0 Å². The van der Waals surface area contributed by atoms with Crippen LogP contribution in [0.3, 0.4) is 0 Å². The SMILES string of the molecule is CC1=C(C(=O)O)C(C)(c2cc(Br)ccc2OCCCCNCC(O)COc2ccccc2)C(C(=O)O)=C(C)N1C. The molecular weight excluding hydrogens is 580 g/mol. The van der Waals surface area contributed by atoms with Gasteiger partial charge in [0.25, 0.3) is 0 Å². The molecule has 3 rings (SSSR count). The average Bonchev–Trinajstić information content (AvgIpc) is 2.91. The van der Waals surface area contributed by atoms with Gasteiger partial charge in [-0.25, -0.2) is 9.59 Å². The predicted octanol–water partition coefficient (Wildman–Crippen LogP) is 4.56. The summed E-state index contributed by atoms with van der Waals surface area (Å²) in [7, 11) is 1.66. The average molecular weight is 618 g/mol. The maximum atomic E-state index is 12.5. The zero-order chi connectivity index (χ0) is 29.4. The molecular formula is C30H37BrN2O7. The molecule has 0 saturated heterocycles. The fourth-order valence-corrected chi connectivity index (χ4v) is 5.39. The van der Waals surface area contributed by atoms with Crippen molar-refractivity contribution in [2.75, 3.05) is 33.4 Å². The van der Waals surface area contributed by atoms with E-state index in [4.69, 9.17) is 9.47 Å². The Balaban J connectivity index is 1.65. The van der Waals surface area contributed by atoms with Crippen LogP contribution in [0.4, 0.5) is 0 Å². The number of aliphatic hydroxyl groups excluding tert-OH is 1. The lowest BCUT2D eigenvalue weighted by Crippen LogP contribution is -2.43. The van der Waals surface area contributed by atoms with Crippen LogP contribution in [0, 0.1) is 0 Å². The molecule has 0 radical (unpaired) electrons. The first-order valence-corrected chi connectivity index (χ1v) is 13.9. The van der Waals surface area contributed by atoms with E-state index < -0.39 is 23.5 Å². The standard InChI is InChI=1S/C30H37BrN2O7/c1-19-26(28(35)36)30(3,27(29(37)38)20(2)33(19)4)24-16-21(31)12-13-25(24)39-15-9-8-14-32-17-22(34)18-40-23-10-6-5-7-11-23/h5-7,10-13,16,22,32,34H,8-9,14-15,17-18H2,1-4H3,(H,35,36)(H,37,38). The molecule has 10 heteroatoms. The molecule has 1 aliphatic heterocycles. The van der Waals surface area contributed by atoms with Gasteiger partial charge in [0.2, 0.25) is 0 Å². The third-order valence-corrected chi connectivity index (χ3v) is 7.70. The highest BCUT2D eigenvalue weighted by molar-refractivity contribution is 9.10. The Labute approximate surface area is 243 Å². The maximum absolute atomic E-state index is 12.5. The molecule has 0 spiro atoms. The summed E-state index contributed by atoms with van der Waals surface area (Å²) in [5.41, 5.74) is -0.100. The van der Waals surface area contributed by atoms with Crippen LogP contribution in [-0.2, 0) is 15.0 Å². The molecule has 40 heavy (non-hydrogen) atoms. The second kappa shape index (κ2) is 13.8. The Morgan fingerprint density at radius 2 is 1.62 bits per heavy atom. The molecule has 0 aromatic heterocycles. The lowest BCUT2D eigenvalue weighted by atomic mass is 9.66. The number of aliphatic hydroxyl groups is 1. The van der Waals surface area contributed by atoms with E-state index in [1.807, 2.05) is 30.3 Å². The molecule has 0 aliphatic carbocycles. The molecule has 4 N–H and O–H groups in total. The lowest BCUT2D eigenvalue weighted by Gasteiger charge is -2.42. The van der Waals surface area contributed by atoms with E-state index in [2.05, 4.69) is 21.2 Å². The number of benzene rings is 2. The minimum atomic E-state index is -1.46. The predicted molar refractivity (Wildman–Crippen MR) is 155 cm³/mol. The van der Waals surface area contributed by atoms with Gasteiger partial charge in [0.1, 0.15) is 24.2 Å². The molecule has 0 bridgehead atoms. The molecule has 9 nitrogen and oxygen atoms in total. The van der Waals surface area contributed by atoms with Crippen molar-refractivity contribution < 1.29 is 34.4 Å². The summed E-state index contributed by atoms with van der Waals surface area (Å²) >= 11 is 3.46. The van der Waals surface area contributed by atoms with Gasteiger partial charge >= 0.3 is 11.9 Å². The van der Waals surface area contributed by atoms with Gasteiger partial charge in [-0.3, -0.25) is 0 Å². The molecule has 0 amide bonds. The number of ether oxygens (including phenoxy) is 2. The van der Waals surface area contributed by atoms with Crippen LogP contribution >= 0.6 is 15.9 Å². The summed E-state index contributed by atoms with van der Waals surface area (Å²) in [5.74, 6) is -1.24. The van der Waals surface area contributed by atoms with Gasteiger partial charge in [-0.05, 0) is 70.5 Å². The number of carboxylic acid groups (broad SMARTS) is 2. The van der Waals surface area contributed by atoms with Crippen molar-refractivity contribution >= 4 is 27.9 Å². The minimum Gasteiger partial charge on any atom is -0.493 e. The van der Waals surface area contributed by atoms with Crippen molar-refractivity contribution in [3.8, 4) is 11.5 Å². The minimum absolute atomic E-state index is 0.0139. The van der Waals surface area contributed by atoms with Crippen LogP contribution in [0.2, 0.25) is 0 Å². The number of nitrogens with one attached hydrogen (secondary N) is 1. The number of rotatable bonds is 14. The van der Waals surface area contributed by atoms with Gasteiger partial charge in [-0.15, -0.1) is 0 Å². The summed E-state index contributed by atoms with van der Waals surface area (Å²) < 4.78 is 12.4. The van der Waals surface area contributed by atoms with E-state index in [-0.39, 0.29) is 17.8 Å². The first kappa shape index (κ1) is 31.2. The number of aliphatic carboxylic acids is 2. The normalized spacial score (nSPS) is 15.7. The number of hydrogen-bond acceptors (Lipinski definition) is 7. The van der Waals surface area contributed by atoms with Crippen molar-refractivity contribution in [3.05, 3.63) is 81.1 Å². The third-order valence-electron chi connectivity index (χ3n) is 7.21. The van der Waals surface area contributed by atoms with Gasteiger partial charge < -0.3 is 35.0 Å². The number of halogens is 1. The third kappa shape index (κ3) is 7.04. The number of allylic oxidation sites excluding steroid dienone is 2. The molecule has 1 unspecified atom stereocenters. The Hall–Kier alpha value is -3.34. The Bertz CT molecular complexity index is 1240. The number of para-hydroxylation sites is 1. The summed E-state index contributed by atoms with van der Waals surface area (Å²) in [6, 6.07) is 14.6. The second-order valence-corrected chi connectivity index (χ2v) is 10.8. The quantitative estimate of drug-likeness (QED) is 0.226. The van der Waals surface area contributed by atoms with Crippen LogP contribution < -0.4 is 14.8 Å². The molecule has 2 aromatic rings. The molecule has 216 valence electrons. The molecule has 1 atom stereocenters. The number of nitrogens with zero attached hydrogens (tertiary/aromatic N) is 1. The Morgan fingerprint density at radius 3 is 2.23 bits per heavy atom. The summed E-state index contributed by atoms with van der Waals surface area (Å²) in [6.45, 7) is 6.59. The second-order valence-electron chi connectivity index (χ2n) is 9.89. The van der Waals surface area contributed by atoms with Gasteiger partial charge in [-0.2, -0.15) is 0 Å². The molecule has 1 heterocycles. The van der Waals surface area contributed by atoms with Gasteiger partial charge in [0, 0.05) is 35.0 Å². The van der Waals surface area contributed by atoms with Crippen LogP contribution in [0.25, 0.3) is 0 Å². The number of hydrogen-bond donors (Lipinski definition) is 4. The van der Waals surface area contributed by atoms with E-state index in [1.165, 1.54) is 0 Å². The fourth-order valence-electron chi connectivity index (χ4n) is 5.03. The maximum Gasteiger partial charge on any atom is 0.334 e. The van der Waals surface area contributed by atoms with E-state index in [0.29, 0.717) is 59.0 Å². The first-order valence-electron chi connectivity index (χ1n) is 13.1. The van der Waals surface area contributed by atoms with Crippen molar-refractivity contribution in [3.63, 3.8) is 0 Å². The van der Waals surface area contributed by atoms with Crippen LogP contribution in [0.5, 0.6) is 11.5 Å². The zero-order valence-corrected chi connectivity index (χ0v) is 24.8. The first-order chi connectivity index (χ1) is 19.0. The molecule has 0 saturated carbocycles. The van der Waals surface area contributed by atoms with E-state index in [1.54, 1.807) is 50.9 Å². The monoisotopic (exact) mass is 616 g/mol. The van der Waals surface area contributed by atoms with Crippen LogP contribution in [0.1, 0.15) is 39.2 Å².